The van der Waals surface area contributed by atoms with E-state index in [4.69, 9.17) is 4.74 Å². The quantitative estimate of drug-likeness (QED) is 0.565. The summed E-state index contributed by atoms with van der Waals surface area (Å²) in [6, 6.07) is 21.1. The third-order valence-electron chi connectivity index (χ3n) is 4.31. The largest absolute Gasteiger partial charge is 0.492 e. The van der Waals surface area contributed by atoms with Crippen molar-refractivity contribution in [2.45, 2.75) is 6.92 Å². The molecule has 4 heteroatoms. The molecule has 1 amide bonds. The first-order valence-electron chi connectivity index (χ1n) is 8.57. The van der Waals surface area contributed by atoms with Crippen molar-refractivity contribution in [3.8, 4) is 5.75 Å². The summed E-state index contributed by atoms with van der Waals surface area (Å²) in [6.07, 6.45) is 1.72. The zero-order valence-corrected chi connectivity index (χ0v) is 14.4. The van der Waals surface area contributed by atoms with E-state index in [1.54, 1.807) is 6.20 Å². The highest BCUT2D eigenvalue weighted by Gasteiger charge is 2.13. The highest BCUT2D eigenvalue weighted by Crippen LogP contribution is 2.30. The van der Waals surface area contributed by atoms with Gasteiger partial charge in [0.1, 0.15) is 11.3 Å². The van der Waals surface area contributed by atoms with Gasteiger partial charge in [-0.2, -0.15) is 0 Å². The monoisotopic (exact) mass is 342 g/mol. The smallest absolute Gasteiger partial charge is 0.256 e. The lowest BCUT2D eigenvalue weighted by Gasteiger charge is -2.12. The molecule has 0 aliphatic rings. The first-order chi connectivity index (χ1) is 12.8. The molecule has 1 N–H and O–H groups in total. The summed E-state index contributed by atoms with van der Waals surface area (Å²) in [5.41, 5.74) is 2.11. The lowest BCUT2D eigenvalue weighted by molar-refractivity contribution is 0.102. The molecule has 1 heterocycles. The average Bonchev–Trinajstić information content (AvgIpc) is 2.69. The predicted molar refractivity (Wildman–Crippen MR) is 105 cm³/mol. The van der Waals surface area contributed by atoms with Crippen molar-refractivity contribution in [3.63, 3.8) is 0 Å². The Labute approximate surface area is 151 Å². The van der Waals surface area contributed by atoms with E-state index in [1.807, 2.05) is 73.7 Å². The second-order valence-electron chi connectivity index (χ2n) is 5.92. The van der Waals surface area contributed by atoms with Gasteiger partial charge in [0.25, 0.3) is 5.91 Å². The first kappa shape index (κ1) is 16.1. The minimum atomic E-state index is -0.142. The number of amides is 1. The van der Waals surface area contributed by atoms with Crippen LogP contribution in [0.5, 0.6) is 5.75 Å². The van der Waals surface area contributed by atoms with Crippen LogP contribution in [0, 0.1) is 0 Å². The van der Waals surface area contributed by atoms with Crippen LogP contribution in [0.1, 0.15) is 17.3 Å². The molecule has 0 atom stereocenters. The van der Waals surface area contributed by atoms with Crippen LogP contribution in [0.15, 0.2) is 72.9 Å². The summed E-state index contributed by atoms with van der Waals surface area (Å²) in [5, 5.41) is 5.85. The Hall–Kier alpha value is -3.40. The molecule has 4 rings (SSSR count). The molecule has 0 fully saturated rings. The van der Waals surface area contributed by atoms with Crippen molar-refractivity contribution in [1.82, 2.24) is 4.98 Å². The van der Waals surface area contributed by atoms with Crippen molar-refractivity contribution in [3.05, 3.63) is 78.5 Å². The molecule has 128 valence electrons. The Kier molecular flexibility index (Phi) is 4.23. The van der Waals surface area contributed by atoms with Gasteiger partial charge in [0.05, 0.1) is 12.3 Å². The molecule has 4 nitrogen and oxygen atoms in total. The van der Waals surface area contributed by atoms with Gasteiger partial charge >= 0.3 is 0 Å². The number of fused-ring (bicyclic) bond motifs is 2. The van der Waals surface area contributed by atoms with E-state index in [2.05, 4.69) is 10.3 Å². The molecule has 0 unspecified atom stereocenters. The van der Waals surface area contributed by atoms with Gasteiger partial charge in [-0.3, -0.25) is 9.78 Å². The molecule has 0 radical (unpaired) electrons. The lowest BCUT2D eigenvalue weighted by atomic mass is 10.0. The Balaban J connectivity index is 1.75. The van der Waals surface area contributed by atoms with Crippen LogP contribution in [-0.4, -0.2) is 17.5 Å². The maximum atomic E-state index is 12.9. The molecular formula is C22H18N2O2. The molecule has 0 aliphatic heterocycles. The SMILES string of the molecule is CCOc1ccc(NC(=O)c2cccc3ccccc23)c2cccnc12. The number of hydrogen-bond acceptors (Lipinski definition) is 3. The van der Waals surface area contributed by atoms with E-state index in [0.717, 1.165) is 27.4 Å². The van der Waals surface area contributed by atoms with Gasteiger partial charge in [0, 0.05) is 17.1 Å². The number of benzene rings is 3. The minimum Gasteiger partial charge on any atom is -0.492 e. The van der Waals surface area contributed by atoms with Crippen molar-refractivity contribution >= 4 is 33.3 Å². The van der Waals surface area contributed by atoms with Gasteiger partial charge in [0.2, 0.25) is 0 Å². The standard InChI is InChI=1S/C22H18N2O2/c1-2-26-20-13-12-19(18-11-6-14-23-21(18)20)24-22(25)17-10-5-8-15-7-3-4-9-16(15)17/h3-14H,2H2,1H3,(H,24,25). The summed E-state index contributed by atoms with van der Waals surface area (Å²) < 4.78 is 5.65. The predicted octanol–water partition coefficient (Wildman–Crippen LogP) is 5.04. The maximum Gasteiger partial charge on any atom is 0.256 e. The highest BCUT2D eigenvalue weighted by atomic mass is 16.5. The van der Waals surface area contributed by atoms with Crippen LogP contribution in [0.2, 0.25) is 0 Å². The number of nitrogens with zero attached hydrogens (tertiary/aromatic N) is 1. The molecule has 0 saturated carbocycles. The van der Waals surface area contributed by atoms with E-state index >= 15 is 0 Å². The average molecular weight is 342 g/mol. The number of carbonyl (C=O) groups excluding carboxylic acids is 1. The number of anilines is 1. The van der Waals surface area contributed by atoms with Crippen molar-refractivity contribution in [1.29, 1.82) is 0 Å². The second-order valence-corrected chi connectivity index (χ2v) is 5.92. The Morgan fingerprint density at radius 3 is 2.65 bits per heavy atom. The molecule has 0 aliphatic carbocycles. The number of carbonyl (C=O) groups is 1. The van der Waals surface area contributed by atoms with Gasteiger partial charge in [-0.25, -0.2) is 0 Å². The van der Waals surface area contributed by atoms with Gasteiger partial charge in [-0.05, 0) is 48.0 Å². The van der Waals surface area contributed by atoms with Crippen LogP contribution in [0.4, 0.5) is 5.69 Å². The second kappa shape index (κ2) is 6.84. The third-order valence-corrected chi connectivity index (χ3v) is 4.31. The zero-order chi connectivity index (χ0) is 17.9. The van der Waals surface area contributed by atoms with Crippen molar-refractivity contribution in [2.75, 3.05) is 11.9 Å². The van der Waals surface area contributed by atoms with Gasteiger partial charge in [-0.15, -0.1) is 0 Å². The molecule has 1 aromatic heterocycles. The maximum absolute atomic E-state index is 12.9. The number of nitrogens with one attached hydrogen (secondary N) is 1. The summed E-state index contributed by atoms with van der Waals surface area (Å²) >= 11 is 0. The normalized spacial score (nSPS) is 10.8. The Morgan fingerprint density at radius 2 is 1.77 bits per heavy atom. The topological polar surface area (TPSA) is 51.2 Å². The summed E-state index contributed by atoms with van der Waals surface area (Å²) in [4.78, 5) is 17.3. The van der Waals surface area contributed by atoms with Crippen LogP contribution in [0.3, 0.4) is 0 Å². The third kappa shape index (κ3) is 2.86. The molecule has 3 aromatic carbocycles. The molecule has 4 aromatic rings. The summed E-state index contributed by atoms with van der Waals surface area (Å²) in [5.74, 6) is 0.572. The van der Waals surface area contributed by atoms with Crippen LogP contribution in [-0.2, 0) is 0 Å². The van der Waals surface area contributed by atoms with E-state index < -0.39 is 0 Å². The number of ether oxygens (including phenoxy) is 1. The molecule has 0 spiro atoms. The Morgan fingerprint density at radius 1 is 0.962 bits per heavy atom. The fourth-order valence-corrected chi connectivity index (χ4v) is 3.14. The van der Waals surface area contributed by atoms with Gasteiger partial charge < -0.3 is 10.1 Å². The highest BCUT2D eigenvalue weighted by molar-refractivity contribution is 6.15. The van der Waals surface area contributed by atoms with E-state index in [9.17, 15) is 4.79 Å². The van der Waals surface area contributed by atoms with Crippen LogP contribution in [0.25, 0.3) is 21.7 Å². The van der Waals surface area contributed by atoms with Crippen LogP contribution >= 0.6 is 0 Å². The Bertz CT molecular complexity index is 1100. The zero-order valence-electron chi connectivity index (χ0n) is 14.4. The number of rotatable bonds is 4. The van der Waals surface area contributed by atoms with Gasteiger partial charge in [-0.1, -0.05) is 36.4 Å². The molecular weight excluding hydrogens is 324 g/mol. The van der Waals surface area contributed by atoms with Crippen molar-refractivity contribution < 1.29 is 9.53 Å². The molecule has 0 bridgehead atoms. The van der Waals surface area contributed by atoms with Gasteiger partial charge in [0.15, 0.2) is 0 Å². The minimum absolute atomic E-state index is 0.142. The summed E-state index contributed by atoms with van der Waals surface area (Å²) in [7, 11) is 0. The van der Waals surface area contributed by atoms with Crippen LogP contribution < -0.4 is 10.1 Å². The van der Waals surface area contributed by atoms with E-state index in [-0.39, 0.29) is 5.91 Å². The number of aromatic nitrogens is 1. The fraction of sp³-hybridized carbons (Fsp3) is 0.0909. The first-order valence-corrected chi connectivity index (χ1v) is 8.57. The molecule has 0 saturated heterocycles. The fourth-order valence-electron chi connectivity index (χ4n) is 3.14. The van der Waals surface area contributed by atoms with Crippen molar-refractivity contribution in [2.24, 2.45) is 0 Å². The molecule has 26 heavy (non-hydrogen) atoms. The number of pyridine rings is 1. The summed E-state index contributed by atoms with van der Waals surface area (Å²) in [6.45, 7) is 2.50. The van der Waals surface area contributed by atoms with E-state index in [1.165, 1.54) is 0 Å². The lowest BCUT2D eigenvalue weighted by Crippen LogP contribution is -2.13. The number of hydrogen-bond donors (Lipinski definition) is 1. The van der Waals surface area contributed by atoms with E-state index in [0.29, 0.717) is 17.9 Å².